The van der Waals surface area contributed by atoms with Crippen LogP contribution in [-0.2, 0) is 0 Å². The Hall–Kier alpha value is -0.970. The van der Waals surface area contributed by atoms with Gasteiger partial charge in [-0.25, -0.2) is 4.39 Å². The summed E-state index contributed by atoms with van der Waals surface area (Å²) in [5, 5.41) is 0. The van der Waals surface area contributed by atoms with Crippen molar-refractivity contribution in [2.75, 3.05) is 0 Å². The lowest BCUT2D eigenvalue weighted by atomic mass is 10.1. The predicted molar refractivity (Wildman–Crippen MR) is 62.3 cm³/mol. The highest BCUT2D eigenvalue weighted by Gasteiger charge is 2.01. The number of hydrogen-bond donors (Lipinski definition) is 0. The van der Waals surface area contributed by atoms with Gasteiger partial charge in [-0.3, -0.25) is 4.98 Å². The quantitative estimate of drug-likeness (QED) is 0.735. The van der Waals surface area contributed by atoms with Crippen molar-refractivity contribution in [1.82, 2.24) is 4.98 Å². The molecule has 1 heterocycles. The van der Waals surface area contributed by atoms with Crippen LogP contribution in [-0.4, -0.2) is 4.98 Å². The highest BCUT2D eigenvalue weighted by atomic mass is 127. The first-order valence-corrected chi connectivity index (χ1v) is 5.21. The third kappa shape index (κ3) is 1.92. The minimum Gasteiger partial charge on any atom is -0.264 e. The Morgan fingerprint density at radius 1 is 1.14 bits per heavy atom. The van der Waals surface area contributed by atoms with Gasteiger partial charge in [-0.05, 0) is 46.4 Å². The van der Waals surface area contributed by atoms with Crippen LogP contribution >= 0.6 is 22.6 Å². The van der Waals surface area contributed by atoms with Gasteiger partial charge in [-0.2, -0.15) is 0 Å². The van der Waals surface area contributed by atoms with Crippen LogP contribution in [0, 0.1) is 9.39 Å². The summed E-state index contributed by atoms with van der Waals surface area (Å²) in [4.78, 5) is 3.99. The van der Waals surface area contributed by atoms with Crippen molar-refractivity contribution in [2.45, 2.75) is 0 Å². The van der Waals surface area contributed by atoms with Crippen molar-refractivity contribution in [3.63, 3.8) is 0 Å². The molecule has 0 atom stereocenters. The van der Waals surface area contributed by atoms with E-state index in [-0.39, 0.29) is 5.82 Å². The molecule has 0 spiro atoms. The molecule has 0 aliphatic carbocycles. The fourth-order valence-corrected chi connectivity index (χ4v) is 1.54. The molecule has 70 valence electrons. The number of nitrogens with zero attached hydrogens (tertiary/aromatic N) is 1. The SMILES string of the molecule is Fc1cc(-c2cccnc2)ccc1I. The third-order valence-electron chi connectivity index (χ3n) is 1.91. The lowest BCUT2D eigenvalue weighted by Gasteiger charge is -2.01. The van der Waals surface area contributed by atoms with E-state index < -0.39 is 0 Å². The summed E-state index contributed by atoms with van der Waals surface area (Å²) in [6, 6.07) is 8.93. The van der Waals surface area contributed by atoms with Gasteiger partial charge in [0.15, 0.2) is 0 Å². The number of aromatic nitrogens is 1. The van der Waals surface area contributed by atoms with Crippen LogP contribution in [0.3, 0.4) is 0 Å². The van der Waals surface area contributed by atoms with Gasteiger partial charge >= 0.3 is 0 Å². The smallest absolute Gasteiger partial charge is 0.137 e. The first-order chi connectivity index (χ1) is 6.77. The highest BCUT2D eigenvalue weighted by molar-refractivity contribution is 14.1. The Morgan fingerprint density at radius 2 is 2.00 bits per heavy atom. The first-order valence-electron chi connectivity index (χ1n) is 4.13. The molecule has 0 aliphatic heterocycles. The molecule has 0 bridgehead atoms. The summed E-state index contributed by atoms with van der Waals surface area (Å²) in [6.45, 7) is 0. The van der Waals surface area contributed by atoms with Crippen molar-refractivity contribution in [3.8, 4) is 11.1 Å². The number of pyridine rings is 1. The molecule has 0 saturated carbocycles. The number of hydrogen-bond acceptors (Lipinski definition) is 1. The number of benzene rings is 1. The Morgan fingerprint density at radius 3 is 2.64 bits per heavy atom. The molecule has 0 N–H and O–H groups in total. The number of rotatable bonds is 1. The van der Waals surface area contributed by atoms with E-state index in [4.69, 9.17) is 0 Å². The van der Waals surface area contributed by atoms with E-state index in [9.17, 15) is 4.39 Å². The molecular weight excluding hydrogens is 292 g/mol. The molecule has 1 aromatic carbocycles. The zero-order valence-corrected chi connectivity index (χ0v) is 9.40. The first kappa shape index (κ1) is 9.58. The summed E-state index contributed by atoms with van der Waals surface area (Å²) in [7, 11) is 0. The van der Waals surface area contributed by atoms with Gasteiger partial charge in [-0.1, -0.05) is 12.1 Å². The van der Waals surface area contributed by atoms with Crippen molar-refractivity contribution in [2.24, 2.45) is 0 Å². The molecule has 0 amide bonds. The van der Waals surface area contributed by atoms with E-state index in [1.165, 1.54) is 6.07 Å². The van der Waals surface area contributed by atoms with Crippen molar-refractivity contribution in [1.29, 1.82) is 0 Å². The van der Waals surface area contributed by atoms with Crippen LogP contribution in [0.4, 0.5) is 4.39 Å². The maximum atomic E-state index is 13.2. The minimum absolute atomic E-state index is 0.188. The molecule has 0 unspecified atom stereocenters. The maximum absolute atomic E-state index is 13.2. The molecule has 14 heavy (non-hydrogen) atoms. The second-order valence-electron chi connectivity index (χ2n) is 2.87. The van der Waals surface area contributed by atoms with Crippen molar-refractivity contribution in [3.05, 3.63) is 52.1 Å². The molecule has 0 radical (unpaired) electrons. The van der Waals surface area contributed by atoms with E-state index >= 15 is 0 Å². The lowest BCUT2D eigenvalue weighted by Crippen LogP contribution is -1.84. The van der Waals surface area contributed by atoms with Gasteiger partial charge in [0.1, 0.15) is 5.82 Å². The lowest BCUT2D eigenvalue weighted by molar-refractivity contribution is 0.621. The zero-order valence-electron chi connectivity index (χ0n) is 7.24. The van der Waals surface area contributed by atoms with Gasteiger partial charge in [0.2, 0.25) is 0 Å². The highest BCUT2D eigenvalue weighted by Crippen LogP contribution is 2.21. The topological polar surface area (TPSA) is 12.9 Å². The monoisotopic (exact) mass is 299 g/mol. The van der Waals surface area contributed by atoms with Gasteiger partial charge in [-0.15, -0.1) is 0 Å². The summed E-state index contributed by atoms with van der Waals surface area (Å²) in [6.07, 6.45) is 3.42. The fourth-order valence-electron chi connectivity index (χ4n) is 1.21. The molecule has 2 aromatic rings. The summed E-state index contributed by atoms with van der Waals surface area (Å²) < 4.78 is 13.9. The second kappa shape index (κ2) is 4.04. The van der Waals surface area contributed by atoms with Crippen molar-refractivity contribution >= 4 is 22.6 Å². The fraction of sp³-hybridized carbons (Fsp3) is 0. The van der Waals surface area contributed by atoms with E-state index in [1.54, 1.807) is 18.5 Å². The standard InChI is InChI=1S/C11H7FIN/c12-10-6-8(3-4-11(10)13)9-2-1-5-14-7-9/h1-7H. The van der Waals surface area contributed by atoms with E-state index in [0.29, 0.717) is 3.57 Å². The normalized spacial score (nSPS) is 10.1. The number of halogens is 2. The largest absolute Gasteiger partial charge is 0.264 e. The van der Waals surface area contributed by atoms with Crippen LogP contribution in [0.5, 0.6) is 0 Å². The average Bonchev–Trinajstić information content (AvgIpc) is 2.23. The third-order valence-corrected chi connectivity index (χ3v) is 2.79. The second-order valence-corrected chi connectivity index (χ2v) is 4.03. The van der Waals surface area contributed by atoms with Gasteiger partial charge in [0.25, 0.3) is 0 Å². The summed E-state index contributed by atoms with van der Waals surface area (Å²) >= 11 is 1.97. The van der Waals surface area contributed by atoms with Crippen LogP contribution in [0.2, 0.25) is 0 Å². The Labute approximate surface area is 95.1 Å². The molecule has 2 rings (SSSR count). The Balaban J connectivity index is 2.48. The van der Waals surface area contributed by atoms with E-state index in [0.717, 1.165) is 11.1 Å². The summed E-state index contributed by atoms with van der Waals surface area (Å²) in [5.74, 6) is -0.188. The maximum Gasteiger partial charge on any atom is 0.137 e. The van der Waals surface area contributed by atoms with Crippen LogP contribution < -0.4 is 0 Å². The Bertz CT molecular complexity index is 442. The van der Waals surface area contributed by atoms with Crippen molar-refractivity contribution < 1.29 is 4.39 Å². The van der Waals surface area contributed by atoms with Gasteiger partial charge in [0, 0.05) is 21.5 Å². The molecular formula is C11H7FIN. The molecule has 1 aromatic heterocycles. The van der Waals surface area contributed by atoms with Crippen LogP contribution in [0.15, 0.2) is 42.7 Å². The molecule has 0 aliphatic rings. The molecule has 0 fully saturated rings. The molecule has 3 heteroatoms. The molecule has 1 nitrogen and oxygen atoms in total. The zero-order chi connectivity index (χ0) is 9.97. The van der Waals surface area contributed by atoms with E-state index in [1.807, 2.05) is 40.8 Å². The van der Waals surface area contributed by atoms with Crippen LogP contribution in [0.1, 0.15) is 0 Å². The minimum atomic E-state index is -0.188. The summed E-state index contributed by atoms with van der Waals surface area (Å²) in [5.41, 5.74) is 1.79. The molecule has 0 saturated heterocycles. The Kier molecular flexibility index (Phi) is 2.77. The van der Waals surface area contributed by atoms with Gasteiger partial charge in [0.05, 0.1) is 0 Å². The van der Waals surface area contributed by atoms with Gasteiger partial charge < -0.3 is 0 Å². The predicted octanol–water partition coefficient (Wildman–Crippen LogP) is 3.49. The van der Waals surface area contributed by atoms with E-state index in [2.05, 4.69) is 4.98 Å². The average molecular weight is 299 g/mol. The van der Waals surface area contributed by atoms with Crippen LogP contribution in [0.25, 0.3) is 11.1 Å².